The minimum atomic E-state index is -0.332. The fraction of sp³-hybridized carbons (Fsp3) is 0.933. The average Bonchev–Trinajstić information content (AvgIpc) is 2.80. The van der Waals surface area contributed by atoms with Gasteiger partial charge in [0.15, 0.2) is 0 Å². The zero-order chi connectivity index (χ0) is 23.5. The van der Waals surface area contributed by atoms with Crippen LogP contribution in [-0.4, -0.2) is 12.1 Å². The molecule has 0 aromatic carbocycles. The molecule has 0 aliphatic rings. The lowest BCUT2D eigenvalue weighted by molar-refractivity contribution is -0.127. The van der Waals surface area contributed by atoms with E-state index in [1.54, 1.807) is 0 Å². The molecule has 0 aromatic heterocycles. The summed E-state index contributed by atoms with van der Waals surface area (Å²) in [5, 5.41) is 0. The number of hydrogen-bond acceptors (Lipinski definition) is 2. The molecule has 2 nitrogen and oxygen atoms in total. The van der Waals surface area contributed by atoms with Crippen LogP contribution in [0.2, 0.25) is 0 Å². The highest BCUT2D eigenvalue weighted by Gasteiger charge is 2.16. The fourth-order valence-electron chi connectivity index (χ4n) is 4.66. The van der Waals surface area contributed by atoms with Crippen molar-refractivity contribution in [1.82, 2.24) is 0 Å². The van der Waals surface area contributed by atoms with E-state index in [-0.39, 0.29) is 11.7 Å². The first-order valence-corrected chi connectivity index (χ1v) is 14.7. The van der Waals surface area contributed by atoms with E-state index in [2.05, 4.69) is 13.8 Å². The summed E-state index contributed by atoms with van der Waals surface area (Å²) in [5.74, 6) is -0.139. The van der Waals surface area contributed by atoms with Crippen molar-refractivity contribution in [3.8, 4) is 0 Å². The molecule has 1 atom stereocenters. The van der Waals surface area contributed by atoms with Gasteiger partial charge in [-0.3, -0.25) is 4.79 Å². The van der Waals surface area contributed by atoms with Gasteiger partial charge in [-0.25, -0.2) is 0 Å². The summed E-state index contributed by atoms with van der Waals surface area (Å²) in [6.07, 6.45) is 32.4. The number of rotatable bonds is 27. The molecule has 0 aliphatic heterocycles. The zero-order valence-corrected chi connectivity index (χ0v) is 22.1. The first-order valence-electron chi connectivity index (χ1n) is 14.7. The quantitative estimate of drug-likeness (QED) is 0.0708. The van der Waals surface area contributed by atoms with Crippen LogP contribution in [0.25, 0.3) is 0 Å². The molecule has 0 rings (SSSR count). The average molecular weight is 451 g/mol. The van der Waals surface area contributed by atoms with Crippen LogP contribution in [0.4, 0.5) is 0 Å². The Bertz CT molecular complexity index is 390. The van der Waals surface area contributed by atoms with Crippen LogP contribution in [0.3, 0.4) is 0 Å². The van der Waals surface area contributed by atoms with Crippen molar-refractivity contribution in [3.05, 3.63) is 0 Å². The molecule has 0 saturated heterocycles. The first-order chi connectivity index (χ1) is 15.8. The lowest BCUT2D eigenvalue weighted by atomic mass is 9.94. The molecule has 0 radical (unpaired) electrons. The Morgan fingerprint density at radius 3 is 1.16 bits per heavy atom. The largest absolute Gasteiger partial charge is 0.303 e. The normalized spacial score (nSPS) is 12.2. The Balaban J connectivity index is 3.44. The summed E-state index contributed by atoms with van der Waals surface area (Å²) in [7, 11) is 0. The monoisotopic (exact) mass is 450 g/mol. The van der Waals surface area contributed by atoms with Crippen LogP contribution < -0.4 is 0 Å². The number of unbranched alkanes of at least 4 members (excludes halogenated alkanes) is 21. The third-order valence-corrected chi connectivity index (χ3v) is 6.97. The molecule has 32 heavy (non-hydrogen) atoms. The van der Waals surface area contributed by atoms with E-state index in [1.165, 1.54) is 128 Å². The number of ketones is 1. The maximum atomic E-state index is 12.3. The molecule has 0 N–H and O–H groups in total. The molecule has 0 aliphatic carbocycles. The van der Waals surface area contributed by atoms with Gasteiger partial charge in [-0.1, -0.05) is 155 Å². The molecule has 2 heteroatoms. The van der Waals surface area contributed by atoms with Gasteiger partial charge < -0.3 is 4.79 Å². The van der Waals surface area contributed by atoms with E-state index in [0.29, 0.717) is 6.42 Å². The van der Waals surface area contributed by atoms with Gasteiger partial charge in [-0.15, -0.1) is 0 Å². The van der Waals surface area contributed by atoms with Crippen LogP contribution in [-0.2, 0) is 9.59 Å². The van der Waals surface area contributed by atoms with Gasteiger partial charge in [0.1, 0.15) is 12.1 Å². The number of hydrogen-bond donors (Lipinski definition) is 0. The van der Waals surface area contributed by atoms with Gasteiger partial charge in [-0.2, -0.15) is 0 Å². The third-order valence-electron chi connectivity index (χ3n) is 6.97. The lowest BCUT2D eigenvalue weighted by Gasteiger charge is -2.09. The summed E-state index contributed by atoms with van der Waals surface area (Å²) < 4.78 is 0. The lowest BCUT2D eigenvalue weighted by Crippen LogP contribution is -2.15. The summed E-state index contributed by atoms with van der Waals surface area (Å²) in [5.41, 5.74) is 0. The zero-order valence-electron chi connectivity index (χ0n) is 22.1. The second-order valence-electron chi connectivity index (χ2n) is 10.2. The Labute approximate surface area is 202 Å². The van der Waals surface area contributed by atoms with Gasteiger partial charge in [-0.05, 0) is 12.8 Å². The van der Waals surface area contributed by atoms with E-state index < -0.39 is 0 Å². The molecule has 0 saturated carbocycles. The Hall–Kier alpha value is -0.660. The smallest absolute Gasteiger partial charge is 0.143 e. The number of Topliss-reactive ketones (excluding diaryl/α,β-unsaturated/α-hetero) is 1. The second-order valence-corrected chi connectivity index (χ2v) is 10.2. The molecule has 1 unspecified atom stereocenters. The van der Waals surface area contributed by atoms with E-state index >= 15 is 0 Å². The van der Waals surface area contributed by atoms with Gasteiger partial charge in [0.05, 0.1) is 5.92 Å². The maximum Gasteiger partial charge on any atom is 0.143 e. The van der Waals surface area contributed by atoms with Crippen molar-refractivity contribution in [3.63, 3.8) is 0 Å². The van der Waals surface area contributed by atoms with Gasteiger partial charge in [0.25, 0.3) is 0 Å². The predicted octanol–water partition coefficient (Wildman–Crippen LogP) is 10.2. The second kappa shape index (κ2) is 26.6. The Morgan fingerprint density at radius 2 is 0.812 bits per heavy atom. The standard InChI is InChI=1S/C30H58O2/c1-3-5-7-9-11-13-15-16-17-19-21-23-25-27-30(32)29(28-31)26-24-22-20-18-14-12-10-8-6-4-2/h28-29H,3-27H2,1-2H3. The summed E-state index contributed by atoms with van der Waals surface area (Å²) in [6.45, 7) is 4.53. The van der Waals surface area contributed by atoms with E-state index in [9.17, 15) is 9.59 Å². The summed E-state index contributed by atoms with van der Waals surface area (Å²) >= 11 is 0. The molecule has 190 valence electrons. The van der Waals surface area contributed by atoms with Crippen LogP contribution in [0.15, 0.2) is 0 Å². The summed E-state index contributed by atoms with van der Waals surface area (Å²) in [4.78, 5) is 23.7. The van der Waals surface area contributed by atoms with Gasteiger partial charge >= 0.3 is 0 Å². The van der Waals surface area contributed by atoms with Crippen molar-refractivity contribution >= 4 is 12.1 Å². The first kappa shape index (κ1) is 31.3. The minimum absolute atomic E-state index is 0.194. The molecule has 0 bridgehead atoms. The van der Waals surface area contributed by atoms with Crippen LogP contribution in [0.5, 0.6) is 0 Å². The van der Waals surface area contributed by atoms with Crippen LogP contribution in [0, 0.1) is 5.92 Å². The number of carbonyl (C=O) groups is 2. The predicted molar refractivity (Wildman–Crippen MR) is 141 cm³/mol. The number of aldehydes is 1. The number of carbonyl (C=O) groups excluding carboxylic acids is 2. The van der Waals surface area contributed by atoms with E-state index in [1.807, 2.05) is 0 Å². The topological polar surface area (TPSA) is 34.1 Å². The molecule has 0 spiro atoms. The molecular formula is C30H58O2. The van der Waals surface area contributed by atoms with Crippen LogP contribution >= 0.6 is 0 Å². The summed E-state index contributed by atoms with van der Waals surface area (Å²) in [6, 6.07) is 0. The highest BCUT2D eigenvalue weighted by atomic mass is 16.1. The molecule has 0 fully saturated rings. The highest BCUT2D eigenvalue weighted by Crippen LogP contribution is 2.17. The van der Waals surface area contributed by atoms with E-state index in [0.717, 1.165) is 32.0 Å². The molecule has 0 heterocycles. The molecular weight excluding hydrogens is 392 g/mol. The molecule has 0 amide bonds. The van der Waals surface area contributed by atoms with Crippen molar-refractivity contribution in [2.24, 2.45) is 5.92 Å². The van der Waals surface area contributed by atoms with Crippen LogP contribution in [0.1, 0.15) is 174 Å². The van der Waals surface area contributed by atoms with Gasteiger partial charge in [0.2, 0.25) is 0 Å². The minimum Gasteiger partial charge on any atom is -0.303 e. The third kappa shape index (κ3) is 22.5. The SMILES string of the molecule is CCCCCCCCCCCCCCCC(=O)C(C=O)CCCCCCCCCCCC. The van der Waals surface area contributed by atoms with Crippen molar-refractivity contribution in [2.75, 3.05) is 0 Å². The van der Waals surface area contributed by atoms with Crippen molar-refractivity contribution < 1.29 is 9.59 Å². The maximum absolute atomic E-state index is 12.3. The Kier molecular flexibility index (Phi) is 26.0. The highest BCUT2D eigenvalue weighted by molar-refractivity contribution is 5.93. The molecule has 0 aromatic rings. The Morgan fingerprint density at radius 1 is 0.500 bits per heavy atom. The van der Waals surface area contributed by atoms with Crippen molar-refractivity contribution in [2.45, 2.75) is 174 Å². The van der Waals surface area contributed by atoms with Gasteiger partial charge in [0, 0.05) is 6.42 Å². The van der Waals surface area contributed by atoms with Crippen molar-refractivity contribution in [1.29, 1.82) is 0 Å². The fourth-order valence-corrected chi connectivity index (χ4v) is 4.66. The van der Waals surface area contributed by atoms with E-state index in [4.69, 9.17) is 0 Å².